The summed E-state index contributed by atoms with van der Waals surface area (Å²) in [5.74, 6) is 1.31. The summed E-state index contributed by atoms with van der Waals surface area (Å²) < 4.78 is 8.79. The van der Waals surface area contributed by atoms with Crippen molar-refractivity contribution in [3.05, 3.63) is 34.1 Å². The van der Waals surface area contributed by atoms with Crippen molar-refractivity contribution < 1.29 is 14.6 Å². The van der Waals surface area contributed by atoms with E-state index in [-0.39, 0.29) is 5.75 Å². The summed E-state index contributed by atoms with van der Waals surface area (Å²) in [6.07, 6.45) is 1.54. The van der Waals surface area contributed by atoms with Gasteiger partial charge in [-0.15, -0.1) is 10.2 Å². The van der Waals surface area contributed by atoms with Crippen LogP contribution in [0, 0.1) is 0 Å². The molecule has 0 spiro atoms. The third kappa shape index (κ3) is 5.74. The highest BCUT2D eigenvalue weighted by molar-refractivity contribution is 9.10. The summed E-state index contributed by atoms with van der Waals surface area (Å²) in [6.45, 7) is 7.62. The van der Waals surface area contributed by atoms with E-state index in [4.69, 9.17) is 9.84 Å². The monoisotopic (exact) mass is 441 g/mol. The van der Waals surface area contributed by atoms with Crippen LogP contribution in [0.4, 0.5) is 0 Å². The molecule has 0 aliphatic rings. The lowest BCUT2D eigenvalue weighted by molar-refractivity contribution is -0.133. The van der Waals surface area contributed by atoms with E-state index >= 15 is 0 Å². The molecule has 8 heteroatoms. The van der Waals surface area contributed by atoms with Gasteiger partial charge in [-0.3, -0.25) is 4.79 Å². The van der Waals surface area contributed by atoms with Crippen molar-refractivity contribution in [3.8, 4) is 5.75 Å². The number of aliphatic carboxylic acids is 1. The number of ether oxygens (including phenoxy) is 1. The average Bonchev–Trinajstić information content (AvgIpc) is 2.99. The number of carboxylic acid groups (broad SMARTS) is 1. The van der Waals surface area contributed by atoms with Gasteiger partial charge in [-0.1, -0.05) is 31.7 Å². The third-order valence-electron chi connectivity index (χ3n) is 3.86. The first-order valence-electron chi connectivity index (χ1n) is 8.61. The zero-order valence-corrected chi connectivity index (χ0v) is 17.6. The largest absolute Gasteiger partial charge is 0.492 e. The fourth-order valence-electron chi connectivity index (χ4n) is 2.46. The molecule has 0 bridgehead atoms. The van der Waals surface area contributed by atoms with E-state index < -0.39 is 5.97 Å². The van der Waals surface area contributed by atoms with E-state index in [1.54, 1.807) is 0 Å². The second-order valence-electron chi connectivity index (χ2n) is 6.12. The summed E-state index contributed by atoms with van der Waals surface area (Å²) in [7, 11) is 0. The number of rotatable bonds is 10. The number of hydrogen-bond donors (Lipinski definition) is 1. The van der Waals surface area contributed by atoms with Crippen LogP contribution in [-0.2, 0) is 17.8 Å². The van der Waals surface area contributed by atoms with Crippen molar-refractivity contribution in [1.82, 2.24) is 14.8 Å². The summed E-state index contributed by atoms with van der Waals surface area (Å²) in [6, 6.07) is 6.18. The molecule has 1 aromatic heterocycles. The fraction of sp³-hybridized carbons (Fsp3) is 0.500. The zero-order valence-electron chi connectivity index (χ0n) is 15.2. The van der Waals surface area contributed by atoms with E-state index in [1.807, 2.05) is 17.6 Å². The summed E-state index contributed by atoms with van der Waals surface area (Å²) in [5, 5.41) is 17.7. The fourth-order valence-corrected chi connectivity index (χ4v) is 3.71. The Morgan fingerprint density at radius 1 is 1.38 bits per heavy atom. The van der Waals surface area contributed by atoms with Crippen LogP contribution in [0.3, 0.4) is 0 Å². The van der Waals surface area contributed by atoms with Crippen molar-refractivity contribution in [2.24, 2.45) is 0 Å². The van der Waals surface area contributed by atoms with Crippen LogP contribution >= 0.6 is 27.7 Å². The molecule has 1 heterocycles. The highest BCUT2D eigenvalue weighted by Crippen LogP contribution is 2.29. The van der Waals surface area contributed by atoms with E-state index in [2.05, 4.69) is 52.1 Å². The molecule has 26 heavy (non-hydrogen) atoms. The highest BCUT2D eigenvalue weighted by Gasteiger charge is 2.13. The predicted octanol–water partition coefficient (Wildman–Crippen LogP) is 4.37. The molecule has 0 aliphatic carbocycles. The molecule has 0 aliphatic heterocycles. The average molecular weight is 442 g/mol. The SMILES string of the molecule is CCn1c(CCCOc2ccc(C(C)C)cc2Br)nnc1SCC(=O)O. The molecule has 1 N–H and O–H groups in total. The van der Waals surface area contributed by atoms with E-state index in [9.17, 15) is 4.79 Å². The van der Waals surface area contributed by atoms with Crippen molar-refractivity contribution in [2.45, 2.75) is 51.2 Å². The zero-order chi connectivity index (χ0) is 19.1. The van der Waals surface area contributed by atoms with Gasteiger partial charge >= 0.3 is 5.97 Å². The van der Waals surface area contributed by atoms with E-state index in [0.29, 0.717) is 24.2 Å². The standard InChI is InChI=1S/C18H24BrN3O3S/c1-4-22-16(20-21-18(22)26-11-17(23)24)6-5-9-25-15-8-7-13(12(2)3)10-14(15)19/h7-8,10,12H,4-6,9,11H2,1-3H3,(H,23,24). The normalized spacial score (nSPS) is 11.1. The van der Waals surface area contributed by atoms with Gasteiger partial charge in [0, 0.05) is 13.0 Å². The topological polar surface area (TPSA) is 77.2 Å². The van der Waals surface area contributed by atoms with Gasteiger partial charge in [0.05, 0.1) is 16.8 Å². The maximum absolute atomic E-state index is 10.7. The second kappa shape index (κ2) is 9.97. The molecule has 0 saturated heterocycles. The number of halogens is 1. The number of benzene rings is 1. The Balaban J connectivity index is 1.87. The smallest absolute Gasteiger partial charge is 0.313 e. The first-order chi connectivity index (χ1) is 12.4. The second-order valence-corrected chi connectivity index (χ2v) is 7.92. The molecular formula is C18H24BrN3O3S. The molecule has 1 aromatic carbocycles. The highest BCUT2D eigenvalue weighted by atomic mass is 79.9. The van der Waals surface area contributed by atoms with Gasteiger partial charge < -0.3 is 14.4 Å². The van der Waals surface area contributed by atoms with Gasteiger partial charge in [-0.05, 0) is 52.9 Å². The Labute approximate surface area is 166 Å². The summed E-state index contributed by atoms with van der Waals surface area (Å²) >= 11 is 4.76. The Hall–Kier alpha value is -1.54. The Kier molecular flexibility index (Phi) is 7.96. The third-order valence-corrected chi connectivity index (χ3v) is 5.43. The Morgan fingerprint density at radius 2 is 2.15 bits per heavy atom. The molecule has 6 nitrogen and oxygen atoms in total. The molecule has 0 atom stereocenters. The van der Waals surface area contributed by atoms with Crippen molar-refractivity contribution >= 4 is 33.7 Å². The predicted molar refractivity (Wildman–Crippen MR) is 106 cm³/mol. The van der Waals surface area contributed by atoms with Crippen LogP contribution in [0.1, 0.15) is 44.5 Å². The van der Waals surface area contributed by atoms with Crippen LogP contribution in [0.15, 0.2) is 27.8 Å². The molecule has 0 saturated carbocycles. The van der Waals surface area contributed by atoms with Crippen molar-refractivity contribution in [1.29, 1.82) is 0 Å². The molecule has 2 aromatic rings. The Morgan fingerprint density at radius 3 is 2.77 bits per heavy atom. The minimum absolute atomic E-state index is 0.0123. The number of carboxylic acids is 1. The molecule has 0 fully saturated rings. The number of thioether (sulfide) groups is 1. The van der Waals surface area contributed by atoms with E-state index in [1.165, 1.54) is 17.3 Å². The van der Waals surface area contributed by atoms with E-state index in [0.717, 1.165) is 28.9 Å². The van der Waals surface area contributed by atoms with Gasteiger partial charge in [0.25, 0.3) is 0 Å². The van der Waals surface area contributed by atoms with Crippen LogP contribution in [0.2, 0.25) is 0 Å². The maximum atomic E-state index is 10.7. The summed E-state index contributed by atoms with van der Waals surface area (Å²) in [5.41, 5.74) is 1.27. The van der Waals surface area contributed by atoms with Gasteiger partial charge in [0.1, 0.15) is 11.6 Å². The van der Waals surface area contributed by atoms with Crippen LogP contribution < -0.4 is 4.74 Å². The molecule has 0 unspecified atom stereocenters. The maximum Gasteiger partial charge on any atom is 0.313 e. The molecule has 0 amide bonds. The van der Waals surface area contributed by atoms with Crippen molar-refractivity contribution in [3.63, 3.8) is 0 Å². The molecule has 2 rings (SSSR count). The van der Waals surface area contributed by atoms with Crippen LogP contribution in [0.25, 0.3) is 0 Å². The first-order valence-corrected chi connectivity index (χ1v) is 10.4. The van der Waals surface area contributed by atoms with Crippen LogP contribution in [-0.4, -0.2) is 38.2 Å². The lowest BCUT2D eigenvalue weighted by Crippen LogP contribution is -2.07. The molecule has 0 radical (unpaired) electrons. The quantitative estimate of drug-likeness (QED) is 0.435. The Bertz CT molecular complexity index is 749. The molecular weight excluding hydrogens is 418 g/mol. The van der Waals surface area contributed by atoms with Gasteiger partial charge in [-0.2, -0.15) is 0 Å². The first kappa shape index (κ1) is 20.8. The minimum Gasteiger partial charge on any atom is -0.492 e. The number of aromatic nitrogens is 3. The molecule has 142 valence electrons. The van der Waals surface area contributed by atoms with Gasteiger partial charge in [0.15, 0.2) is 5.16 Å². The summed E-state index contributed by atoms with van der Waals surface area (Å²) in [4.78, 5) is 10.7. The van der Waals surface area contributed by atoms with Gasteiger partial charge in [0.2, 0.25) is 0 Å². The number of carbonyl (C=O) groups is 1. The minimum atomic E-state index is -0.857. The van der Waals surface area contributed by atoms with Gasteiger partial charge in [-0.25, -0.2) is 0 Å². The number of aryl methyl sites for hydroxylation is 1. The number of nitrogens with zero attached hydrogens (tertiary/aromatic N) is 3. The number of hydrogen-bond acceptors (Lipinski definition) is 5. The lowest BCUT2D eigenvalue weighted by Gasteiger charge is -2.11. The lowest BCUT2D eigenvalue weighted by atomic mass is 10.0. The van der Waals surface area contributed by atoms with Crippen molar-refractivity contribution in [2.75, 3.05) is 12.4 Å². The van der Waals surface area contributed by atoms with Crippen LogP contribution in [0.5, 0.6) is 5.75 Å².